The van der Waals surface area contributed by atoms with E-state index in [0.29, 0.717) is 41.3 Å². The Kier molecular flexibility index (Phi) is 8.82. The first-order valence-corrected chi connectivity index (χ1v) is 15.2. The highest BCUT2D eigenvalue weighted by Crippen LogP contribution is 2.34. The van der Waals surface area contributed by atoms with Gasteiger partial charge in [-0.1, -0.05) is 12.1 Å². The number of esters is 1. The van der Waals surface area contributed by atoms with Gasteiger partial charge in [-0.2, -0.15) is 0 Å². The molecule has 1 saturated heterocycles. The van der Waals surface area contributed by atoms with Crippen LogP contribution in [0.3, 0.4) is 0 Å². The van der Waals surface area contributed by atoms with E-state index in [1.165, 1.54) is 17.9 Å². The van der Waals surface area contributed by atoms with E-state index in [1.54, 1.807) is 67.2 Å². The molecule has 0 saturated carbocycles. The van der Waals surface area contributed by atoms with Gasteiger partial charge in [0.15, 0.2) is 5.82 Å². The van der Waals surface area contributed by atoms with Crippen molar-refractivity contribution in [2.45, 2.75) is 25.5 Å². The second-order valence-corrected chi connectivity index (χ2v) is 11.6. The number of benzene rings is 2. The Bertz CT molecular complexity index is 1940. The summed E-state index contributed by atoms with van der Waals surface area (Å²) in [6, 6.07) is 12.0. The number of imidazole rings is 1. The molecular weight excluding hydrogens is 618 g/mol. The third-order valence-electron chi connectivity index (χ3n) is 8.42. The number of carbonyl (C=O) groups excluding carboxylic acids is 4. The lowest BCUT2D eigenvalue weighted by Crippen LogP contribution is -2.41. The molecule has 2 unspecified atom stereocenters. The summed E-state index contributed by atoms with van der Waals surface area (Å²) in [7, 11) is 6.32. The van der Waals surface area contributed by atoms with E-state index in [9.17, 15) is 19.2 Å². The molecule has 2 aliphatic heterocycles. The Morgan fingerprint density at radius 2 is 1.75 bits per heavy atom. The number of anilines is 2. The number of aryl methyl sites for hydroxylation is 3. The molecular formula is C34H35N7O7. The zero-order valence-corrected chi connectivity index (χ0v) is 27.1. The lowest BCUT2D eigenvalue weighted by atomic mass is 10.1. The quantitative estimate of drug-likeness (QED) is 0.259. The van der Waals surface area contributed by atoms with Crippen LogP contribution in [0.15, 0.2) is 59.9 Å². The highest BCUT2D eigenvalue weighted by Gasteiger charge is 2.39. The lowest BCUT2D eigenvalue weighted by Gasteiger charge is -2.23. The molecule has 2 aliphatic rings. The molecule has 6 rings (SSSR count). The number of nitrogens with one attached hydrogen (secondary N) is 2. The number of fused-ring (bicyclic) bond motifs is 2. The van der Waals surface area contributed by atoms with E-state index in [0.717, 1.165) is 16.7 Å². The van der Waals surface area contributed by atoms with Gasteiger partial charge in [0.2, 0.25) is 5.82 Å². The topological polar surface area (TPSA) is 158 Å². The summed E-state index contributed by atoms with van der Waals surface area (Å²) < 4.78 is 19.3. The van der Waals surface area contributed by atoms with Gasteiger partial charge in [0.05, 0.1) is 37.6 Å². The van der Waals surface area contributed by atoms with Crippen molar-refractivity contribution in [3.63, 3.8) is 0 Å². The van der Waals surface area contributed by atoms with Crippen LogP contribution in [0.25, 0.3) is 11.1 Å². The second-order valence-electron chi connectivity index (χ2n) is 11.6. The third-order valence-corrected chi connectivity index (χ3v) is 8.42. The van der Waals surface area contributed by atoms with Crippen LogP contribution >= 0.6 is 0 Å². The molecule has 48 heavy (non-hydrogen) atoms. The van der Waals surface area contributed by atoms with Crippen LogP contribution in [0.2, 0.25) is 0 Å². The van der Waals surface area contributed by atoms with Gasteiger partial charge in [0, 0.05) is 56.6 Å². The Balaban J connectivity index is 1.04. The Hall–Kier alpha value is -5.76. The van der Waals surface area contributed by atoms with Crippen molar-refractivity contribution >= 4 is 47.1 Å². The average molecular weight is 654 g/mol. The van der Waals surface area contributed by atoms with E-state index in [4.69, 9.17) is 14.2 Å². The summed E-state index contributed by atoms with van der Waals surface area (Å²) in [6.45, 7) is 2.07. The van der Waals surface area contributed by atoms with Crippen LogP contribution in [0.5, 0.6) is 5.75 Å². The maximum Gasteiger partial charge on any atom is 0.354 e. The van der Waals surface area contributed by atoms with Crippen molar-refractivity contribution in [3.05, 3.63) is 77.5 Å². The third kappa shape index (κ3) is 6.29. The fourth-order valence-corrected chi connectivity index (χ4v) is 5.93. The lowest BCUT2D eigenvalue weighted by molar-refractivity contribution is -0.122. The van der Waals surface area contributed by atoms with Crippen molar-refractivity contribution < 1.29 is 33.4 Å². The minimum Gasteiger partial charge on any atom is -0.496 e. The zero-order valence-electron chi connectivity index (χ0n) is 27.1. The minimum absolute atomic E-state index is 0.0899. The van der Waals surface area contributed by atoms with E-state index in [2.05, 4.69) is 20.6 Å². The molecule has 0 radical (unpaired) electrons. The molecule has 2 aromatic carbocycles. The van der Waals surface area contributed by atoms with Crippen LogP contribution in [-0.2, 0) is 28.4 Å². The Labute approximate surface area is 276 Å². The van der Waals surface area contributed by atoms with Crippen LogP contribution in [0, 0.1) is 6.92 Å². The molecule has 0 aliphatic carbocycles. The molecule has 14 heteroatoms. The van der Waals surface area contributed by atoms with E-state index in [-0.39, 0.29) is 24.2 Å². The fraction of sp³-hybridized carbons (Fsp3) is 0.294. The minimum atomic E-state index is -0.466. The number of carbonyl (C=O) groups is 4. The summed E-state index contributed by atoms with van der Waals surface area (Å²) in [5.74, 6) is -0.562. The van der Waals surface area contributed by atoms with E-state index < -0.39 is 29.9 Å². The summed E-state index contributed by atoms with van der Waals surface area (Å²) in [5, 5.41) is 5.49. The van der Waals surface area contributed by atoms with Gasteiger partial charge in [-0.15, -0.1) is 0 Å². The van der Waals surface area contributed by atoms with Gasteiger partial charge >= 0.3 is 5.97 Å². The number of hydrogen-bond donors (Lipinski definition) is 2. The Morgan fingerprint density at radius 3 is 2.48 bits per heavy atom. The van der Waals surface area contributed by atoms with E-state index >= 15 is 0 Å². The van der Waals surface area contributed by atoms with Gasteiger partial charge in [0.25, 0.3) is 17.7 Å². The first kappa shape index (κ1) is 32.2. The van der Waals surface area contributed by atoms with Gasteiger partial charge in [0.1, 0.15) is 18.1 Å². The van der Waals surface area contributed by atoms with E-state index in [1.807, 2.05) is 25.3 Å². The largest absolute Gasteiger partial charge is 0.496 e. The SMILES string of the molecule is COC(=O)c1cc(-c2ccc(NC(=O)c3nc(NC(=O)COC4CCN5C(=O)c6cc(C)c(OC)cc6N=CC45)cn3C)cc2)cn1C. The standard InChI is InChI=1S/C34H35N7O7/c1-19-12-23-24(14-28(19)46-4)35-15-26-27(10-11-41(26)33(23)44)48-18-30(42)37-29-17-40(3)31(38-29)32(43)36-22-8-6-20(7-9-22)21-13-25(34(45)47-5)39(2)16-21/h6-9,12-17,26-27H,10-11,18H2,1-5H3,(H,36,43)(H,37,42). The number of aromatic nitrogens is 3. The maximum absolute atomic E-state index is 13.3. The molecule has 2 atom stereocenters. The van der Waals surface area contributed by atoms with Gasteiger partial charge in [-0.3, -0.25) is 19.4 Å². The summed E-state index contributed by atoms with van der Waals surface area (Å²) in [5.41, 5.74) is 4.51. The molecule has 248 valence electrons. The molecule has 0 bridgehead atoms. The number of rotatable bonds is 9. The number of aliphatic imine (C=N–C) groups is 1. The number of hydrogen-bond acceptors (Lipinski definition) is 9. The molecule has 2 N–H and O–H groups in total. The second kappa shape index (κ2) is 13.2. The van der Waals surface area contributed by atoms with Crippen LogP contribution in [-0.4, -0.2) is 88.4 Å². The number of ether oxygens (including phenoxy) is 3. The molecule has 4 aromatic rings. The molecule has 0 spiro atoms. The predicted octanol–water partition coefficient (Wildman–Crippen LogP) is 3.74. The molecule has 2 aromatic heterocycles. The maximum atomic E-state index is 13.3. The van der Waals surface area contributed by atoms with Gasteiger partial charge in [-0.25, -0.2) is 9.78 Å². The molecule has 3 amide bonds. The fourth-order valence-electron chi connectivity index (χ4n) is 5.93. The van der Waals surface area contributed by atoms with Crippen molar-refractivity contribution in [2.24, 2.45) is 19.1 Å². The first-order chi connectivity index (χ1) is 23.1. The summed E-state index contributed by atoms with van der Waals surface area (Å²) >= 11 is 0. The summed E-state index contributed by atoms with van der Waals surface area (Å²) in [6.07, 6.45) is 5.17. The van der Waals surface area contributed by atoms with Crippen molar-refractivity contribution in [1.82, 2.24) is 19.0 Å². The normalized spacial score (nSPS) is 16.6. The number of amides is 3. The van der Waals surface area contributed by atoms with Crippen LogP contribution < -0.4 is 15.4 Å². The predicted molar refractivity (Wildman–Crippen MR) is 177 cm³/mol. The smallest absolute Gasteiger partial charge is 0.354 e. The van der Waals surface area contributed by atoms with Gasteiger partial charge in [-0.05, 0) is 48.7 Å². The molecule has 4 heterocycles. The monoisotopic (exact) mass is 653 g/mol. The van der Waals surface area contributed by atoms with Crippen molar-refractivity contribution in [2.75, 3.05) is 38.0 Å². The number of methoxy groups -OCH3 is 2. The van der Waals surface area contributed by atoms with Gasteiger partial charge < -0.3 is 38.9 Å². The number of nitrogens with zero attached hydrogens (tertiary/aromatic N) is 5. The highest BCUT2D eigenvalue weighted by atomic mass is 16.5. The van der Waals surface area contributed by atoms with Crippen molar-refractivity contribution in [1.29, 1.82) is 0 Å². The van der Waals surface area contributed by atoms with Crippen LogP contribution in [0.4, 0.5) is 17.2 Å². The van der Waals surface area contributed by atoms with Crippen molar-refractivity contribution in [3.8, 4) is 16.9 Å². The molecule has 14 nitrogen and oxygen atoms in total. The zero-order chi connectivity index (χ0) is 34.1. The van der Waals surface area contributed by atoms with Crippen LogP contribution in [0.1, 0.15) is 43.4 Å². The highest BCUT2D eigenvalue weighted by molar-refractivity contribution is 6.04. The summed E-state index contributed by atoms with van der Waals surface area (Å²) in [4.78, 5) is 61.7. The molecule has 1 fully saturated rings. The Morgan fingerprint density at radius 1 is 0.979 bits per heavy atom. The first-order valence-electron chi connectivity index (χ1n) is 15.2. The average Bonchev–Trinajstić information content (AvgIpc) is 3.76.